The van der Waals surface area contributed by atoms with Crippen molar-refractivity contribution in [3.63, 3.8) is 0 Å². The fourth-order valence-electron chi connectivity index (χ4n) is 5.15. The van der Waals surface area contributed by atoms with Crippen LogP contribution in [0.1, 0.15) is 32.6 Å². The van der Waals surface area contributed by atoms with Crippen molar-refractivity contribution < 1.29 is 23.9 Å². The molecule has 2 fully saturated rings. The number of benzene rings is 2. The molecule has 2 aromatic carbocycles. The molecule has 2 N–H and O–H groups in total. The molecule has 9 heteroatoms. The number of hydrogen-bond donors (Lipinski definition) is 2. The van der Waals surface area contributed by atoms with Crippen LogP contribution in [0.25, 0.3) is 10.8 Å². The Morgan fingerprint density at radius 2 is 1.63 bits per heavy atom. The molecule has 4 rings (SSSR count). The monoisotopic (exact) mass is 480 g/mol. The Morgan fingerprint density at radius 1 is 0.971 bits per heavy atom. The summed E-state index contributed by atoms with van der Waals surface area (Å²) in [4.78, 5) is 52.8. The van der Waals surface area contributed by atoms with E-state index in [0.29, 0.717) is 26.2 Å². The molecule has 0 bridgehead atoms. The molecule has 35 heavy (non-hydrogen) atoms. The number of piperidine rings is 1. The molecule has 2 aliphatic rings. The first-order chi connectivity index (χ1) is 16.8. The second-order valence-electron chi connectivity index (χ2n) is 9.49. The average Bonchev–Trinajstić information content (AvgIpc) is 3.27. The van der Waals surface area contributed by atoms with Crippen LogP contribution < -0.4 is 10.6 Å². The SMILES string of the molecule is COC(=O)C(CC(=O)N1CCC2(CCN(C(=O)Nc3cccc4ccccc34)CC2)C1)NC(C)=O. The summed E-state index contributed by atoms with van der Waals surface area (Å²) in [6, 6.07) is 12.7. The number of rotatable bonds is 5. The standard InChI is InChI=1S/C26H32N4O5/c1-18(31)27-22(24(33)35-2)16-23(32)30-15-12-26(17-30)10-13-29(14-11-26)25(34)28-21-9-5-7-19-6-3-4-8-20(19)21/h3-9,22H,10-17H2,1-2H3,(H,27,31)(H,28,34). The quantitative estimate of drug-likeness (QED) is 0.640. The highest BCUT2D eigenvalue weighted by molar-refractivity contribution is 6.01. The average molecular weight is 481 g/mol. The van der Waals surface area contributed by atoms with Gasteiger partial charge in [-0.05, 0) is 36.1 Å². The lowest BCUT2D eigenvalue weighted by molar-refractivity contribution is -0.147. The summed E-state index contributed by atoms with van der Waals surface area (Å²) >= 11 is 0. The molecule has 2 aromatic rings. The largest absolute Gasteiger partial charge is 0.467 e. The van der Waals surface area contributed by atoms with Gasteiger partial charge in [-0.15, -0.1) is 0 Å². The first-order valence-corrected chi connectivity index (χ1v) is 12.0. The number of fused-ring (bicyclic) bond motifs is 1. The highest BCUT2D eigenvalue weighted by Crippen LogP contribution is 2.40. The molecule has 0 aliphatic carbocycles. The number of esters is 1. The van der Waals surface area contributed by atoms with Crippen molar-refractivity contribution in [2.75, 3.05) is 38.6 Å². The normalized spacial score (nSPS) is 17.8. The van der Waals surface area contributed by atoms with E-state index in [0.717, 1.165) is 35.7 Å². The highest BCUT2D eigenvalue weighted by atomic mass is 16.5. The number of nitrogens with one attached hydrogen (secondary N) is 2. The van der Waals surface area contributed by atoms with Crippen molar-refractivity contribution in [3.05, 3.63) is 42.5 Å². The third-order valence-corrected chi connectivity index (χ3v) is 7.18. The van der Waals surface area contributed by atoms with E-state index in [1.54, 1.807) is 4.90 Å². The van der Waals surface area contributed by atoms with Crippen LogP contribution in [0.4, 0.5) is 10.5 Å². The lowest BCUT2D eigenvalue weighted by Gasteiger charge is -2.39. The number of carbonyl (C=O) groups is 4. The number of carbonyl (C=O) groups excluding carboxylic acids is 4. The zero-order valence-electron chi connectivity index (χ0n) is 20.2. The Balaban J connectivity index is 1.32. The molecule has 0 aromatic heterocycles. The van der Waals surface area contributed by atoms with Gasteiger partial charge in [-0.3, -0.25) is 9.59 Å². The third-order valence-electron chi connectivity index (χ3n) is 7.18. The van der Waals surface area contributed by atoms with Gasteiger partial charge in [0.1, 0.15) is 6.04 Å². The van der Waals surface area contributed by atoms with Gasteiger partial charge in [0.2, 0.25) is 11.8 Å². The minimum absolute atomic E-state index is 0.0271. The summed E-state index contributed by atoms with van der Waals surface area (Å²) in [5.41, 5.74) is 0.769. The van der Waals surface area contributed by atoms with Crippen LogP contribution in [-0.4, -0.2) is 72.9 Å². The van der Waals surface area contributed by atoms with Crippen LogP contribution >= 0.6 is 0 Å². The minimum atomic E-state index is -0.985. The van der Waals surface area contributed by atoms with Gasteiger partial charge in [0.05, 0.1) is 19.2 Å². The molecule has 2 heterocycles. The van der Waals surface area contributed by atoms with E-state index in [2.05, 4.69) is 10.6 Å². The van der Waals surface area contributed by atoms with Gasteiger partial charge >= 0.3 is 12.0 Å². The van der Waals surface area contributed by atoms with E-state index in [4.69, 9.17) is 4.74 Å². The van der Waals surface area contributed by atoms with Crippen molar-refractivity contribution in [2.24, 2.45) is 5.41 Å². The molecule has 1 unspecified atom stereocenters. The Kier molecular flexibility index (Phi) is 7.23. The predicted octanol–water partition coefficient (Wildman–Crippen LogP) is 2.75. The van der Waals surface area contributed by atoms with E-state index >= 15 is 0 Å². The molecule has 0 radical (unpaired) electrons. The summed E-state index contributed by atoms with van der Waals surface area (Å²) < 4.78 is 4.72. The maximum atomic E-state index is 13.0. The molecular formula is C26H32N4O5. The van der Waals surface area contributed by atoms with Gasteiger partial charge < -0.3 is 25.2 Å². The number of hydrogen-bond acceptors (Lipinski definition) is 5. The van der Waals surface area contributed by atoms with E-state index in [9.17, 15) is 19.2 Å². The van der Waals surface area contributed by atoms with E-state index in [1.165, 1.54) is 14.0 Å². The van der Waals surface area contributed by atoms with Crippen LogP contribution in [0.3, 0.4) is 0 Å². The lowest BCUT2D eigenvalue weighted by atomic mass is 9.78. The molecule has 186 valence electrons. The summed E-state index contributed by atoms with van der Waals surface area (Å²) in [6.07, 6.45) is 2.36. The number of urea groups is 1. The second kappa shape index (κ2) is 10.3. The van der Waals surface area contributed by atoms with Crippen LogP contribution in [0.15, 0.2) is 42.5 Å². The second-order valence-corrected chi connectivity index (χ2v) is 9.49. The molecule has 0 saturated carbocycles. The number of methoxy groups -OCH3 is 1. The zero-order chi connectivity index (χ0) is 25.0. The van der Waals surface area contributed by atoms with Crippen molar-refractivity contribution in [1.29, 1.82) is 0 Å². The number of anilines is 1. The molecule has 4 amide bonds. The minimum Gasteiger partial charge on any atom is -0.467 e. The van der Waals surface area contributed by atoms with Crippen molar-refractivity contribution in [3.8, 4) is 0 Å². The van der Waals surface area contributed by atoms with Gasteiger partial charge in [-0.1, -0.05) is 36.4 Å². The Morgan fingerprint density at radius 3 is 2.31 bits per heavy atom. The number of ether oxygens (including phenoxy) is 1. The van der Waals surface area contributed by atoms with Crippen LogP contribution in [0.5, 0.6) is 0 Å². The molecular weight excluding hydrogens is 448 g/mol. The number of nitrogens with zero attached hydrogens (tertiary/aromatic N) is 2. The Hall–Kier alpha value is -3.62. The molecule has 9 nitrogen and oxygen atoms in total. The first-order valence-electron chi connectivity index (χ1n) is 12.0. The smallest absolute Gasteiger partial charge is 0.328 e. The molecule has 2 aliphatic heterocycles. The lowest BCUT2D eigenvalue weighted by Crippen LogP contribution is -2.47. The Bertz CT molecular complexity index is 1120. The third kappa shape index (κ3) is 5.55. The number of amides is 4. The van der Waals surface area contributed by atoms with E-state index in [-0.39, 0.29) is 29.7 Å². The van der Waals surface area contributed by atoms with Crippen molar-refractivity contribution in [2.45, 2.75) is 38.6 Å². The van der Waals surface area contributed by atoms with Gasteiger partial charge in [0.25, 0.3) is 0 Å². The van der Waals surface area contributed by atoms with Crippen molar-refractivity contribution >= 4 is 40.3 Å². The fraction of sp³-hybridized carbons (Fsp3) is 0.462. The van der Waals surface area contributed by atoms with Gasteiger partial charge in [0, 0.05) is 38.5 Å². The summed E-state index contributed by atoms with van der Waals surface area (Å²) in [6.45, 7) is 3.74. The fourth-order valence-corrected chi connectivity index (χ4v) is 5.15. The topological polar surface area (TPSA) is 108 Å². The maximum absolute atomic E-state index is 13.0. The summed E-state index contributed by atoms with van der Waals surface area (Å²) in [5.74, 6) is -1.20. The summed E-state index contributed by atoms with van der Waals surface area (Å²) in [5, 5.41) is 7.63. The summed E-state index contributed by atoms with van der Waals surface area (Å²) in [7, 11) is 1.23. The van der Waals surface area contributed by atoms with Crippen molar-refractivity contribution in [1.82, 2.24) is 15.1 Å². The molecule has 2 saturated heterocycles. The maximum Gasteiger partial charge on any atom is 0.328 e. The van der Waals surface area contributed by atoms with Gasteiger partial charge in [-0.25, -0.2) is 9.59 Å². The predicted molar refractivity (Wildman–Crippen MR) is 132 cm³/mol. The first kappa shape index (κ1) is 24.5. The molecule has 1 spiro atoms. The van der Waals surface area contributed by atoms with E-state index < -0.39 is 12.0 Å². The van der Waals surface area contributed by atoms with Crippen LogP contribution in [0.2, 0.25) is 0 Å². The van der Waals surface area contributed by atoms with Gasteiger partial charge in [-0.2, -0.15) is 0 Å². The van der Waals surface area contributed by atoms with Crippen LogP contribution in [0, 0.1) is 5.41 Å². The Labute approximate surface area is 204 Å². The highest BCUT2D eigenvalue weighted by Gasteiger charge is 2.43. The molecule has 1 atom stereocenters. The number of likely N-dealkylation sites (tertiary alicyclic amines) is 2. The van der Waals surface area contributed by atoms with Crippen LogP contribution in [-0.2, 0) is 19.1 Å². The zero-order valence-corrected chi connectivity index (χ0v) is 20.2. The van der Waals surface area contributed by atoms with Gasteiger partial charge in [0.15, 0.2) is 0 Å². The van der Waals surface area contributed by atoms with E-state index in [1.807, 2.05) is 47.4 Å².